The monoisotopic (exact) mass is 412 g/mol. The van der Waals surface area contributed by atoms with Crippen LogP contribution in [-0.2, 0) is 6.42 Å². The Labute approximate surface area is 173 Å². The van der Waals surface area contributed by atoms with Crippen LogP contribution in [0.4, 0.5) is 0 Å². The molecule has 1 heterocycles. The van der Waals surface area contributed by atoms with Crippen molar-refractivity contribution in [2.45, 2.75) is 26.2 Å². The number of unbranched alkanes of at least 4 members (excludes halogenated alkanes) is 1. The Kier molecular flexibility index (Phi) is 6.68. The van der Waals surface area contributed by atoms with Crippen molar-refractivity contribution in [3.05, 3.63) is 74.0 Å². The molecular formula is C22H18Cl2N2S. The number of hydrogen-bond acceptors (Lipinski definition) is 3. The molecular weight excluding hydrogens is 395 g/mol. The van der Waals surface area contributed by atoms with Crippen LogP contribution in [0.1, 0.15) is 35.9 Å². The van der Waals surface area contributed by atoms with Crippen LogP contribution in [0.2, 0.25) is 10.0 Å². The average Bonchev–Trinajstić information content (AvgIpc) is 3.16. The van der Waals surface area contributed by atoms with Crippen LogP contribution >= 0.6 is 34.5 Å². The van der Waals surface area contributed by atoms with E-state index in [1.54, 1.807) is 24.3 Å². The van der Waals surface area contributed by atoms with Gasteiger partial charge in [-0.15, -0.1) is 11.3 Å². The van der Waals surface area contributed by atoms with Crippen molar-refractivity contribution in [1.82, 2.24) is 4.98 Å². The summed E-state index contributed by atoms with van der Waals surface area (Å²) in [7, 11) is 0. The van der Waals surface area contributed by atoms with E-state index >= 15 is 0 Å². The fourth-order valence-corrected chi connectivity index (χ4v) is 3.93. The molecule has 0 radical (unpaired) electrons. The Hall–Kier alpha value is -2.12. The van der Waals surface area contributed by atoms with Crippen LogP contribution in [0.25, 0.3) is 22.9 Å². The maximum atomic E-state index is 9.56. The zero-order valence-electron chi connectivity index (χ0n) is 14.9. The first-order valence-corrected chi connectivity index (χ1v) is 10.4. The molecule has 2 nitrogen and oxygen atoms in total. The summed E-state index contributed by atoms with van der Waals surface area (Å²) >= 11 is 13.6. The number of thiazole rings is 1. The Morgan fingerprint density at radius 1 is 1.19 bits per heavy atom. The van der Waals surface area contributed by atoms with Gasteiger partial charge in [-0.05, 0) is 42.2 Å². The van der Waals surface area contributed by atoms with Crippen molar-refractivity contribution in [2.75, 3.05) is 0 Å². The fourth-order valence-electron chi connectivity index (χ4n) is 2.67. The smallest absolute Gasteiger partial charge is 0.134 e. The maximum Gasteiger partial charge on any atom is 0.134 e. The number of aryl methyl sites for hydroxylation is 1. The number of nitrogens with zero attached hydrogens (tertiary/aromatic N) is 2. The largest absolute Gasteiger partial charge is 0.235 e. The minimum absolute atomic E-state index is 0.482. The van der Waals surface area contributed by atoms with Gasteiger partial charge in [0.25, 0.3) is 0 Å². The number of benzene rings is 2. The van der Waals surface area contributed by atoms with Crippen LogP contribution < -0.4 is 0 Å². The van der Waals surface area contributed by atoms with E-state index in [1.807, 2.05) is 5.38 Å². The summed E-state index contributed by atoms with van der Waals surface area (Å²) < 4.78 is 0. The van der Waals surface area contributed by atoms with Gasteiger partial charge in [-0.3, -0.25) is 0 Å². The van der Waals surface area contributed by atoms with Crippen molar-refractivity contribution in [1.29, 1.82) is 5.26 Å². The standard InChI is InChI=1S/C22H18Cl2N2S/c1-2-3-4-15-5-7-16(8-6-15)21-14-27-22(26-21)18(13-25)11-17-9-10-19(23)12-20(17)24/h5-12,14H,2-4H2,1H3. The molecule has 0 spiro atoms. The van der Waals surface area contributed by atoms with E-state index < -0.39 is 0 Å². The van der Waals surface area contributed by atoms with Crippen LogP contribution in [0.3, 0.4) is 0 Å². The maximum absolute atomic E-state index is 9.56. The SMILES string of the molecule is CCCCc1ccc(-c2csc(C(C#N)=Cc3ccc(Cl)cc3Cl)n2)cc1. The summed E-state index contributed by atoms with van der Waals surface area (Å²) in [6, 6.07) is 15.9. The number of allylic oxidation sites excluding steroid dienone is 1. The highest BCUT2D eigenvalue weighted by Crippen LogP contribution is 2.29. The van der Waals surface area contributed by atoms with E-state index in [9.17, 15) is 5.26 Å². The molecule has 0 N–H and O–H groups in total. The summed E-state index contributed by atoms with van der Waals surface area (Å²) in [5.41, 5.74) is 4.50. The van der Waals surface area contributed by atoms with Gasteiger partial charge in [-0.2, -0.15) is 5.26 Å². The molecule has 0 aliphatic heterocycles. The van der Waals surface area contributed by atoms with Crippen molar-refractivity contribution in [2.24, 2.45) is 0 Å². The van der Waals surface area contributed by atoms with Crippen LogP contribution in [0.15, 0.2) is 47.8 Å². The third kappa shape index (κ3) is 4.99. The molecule has 0 fully saturated rings. The summed E-state index contributed by atoms with van der Waals surface area (Å²) in [6.45, 7) is 2.20. The molecule has 0 bridgehead atoms. The van der Waals surface area contributed by atoms with Gasteiger partial charge in [-0.25, -0.2) is 4.98 Å². The molecule has 3 rings (SSSR count). The van der Waals surface area contributed by atoms with E-state index in [-0.39, 0.29) is 0 Å². The molecule has 3 aromatic rings. The predicted molar refractivity (Wildman–Crippen MR) is 116 cm³/mol. The topological polar surface area (TPSA) is 36.7 Å². The first kappa shape index (κ1) is 19.6. The minimum atomic E-state index is 0.482. The second kappa shape index (κ2) is 9.19. The number of nitriles is 1. The first-order valence-electron chi connectivity index (χ1n) is 8.72. The van der Waals surface area contributed by atoms with E-state index in [0.717, 1.165) is 23.2 Å². The molecule has 0 aliphatic carbocycles. The summed E-state index contributed by atoms with van der Waals surface area (Å²) in [4.78, 5) is 4.65. The van der Waals surface area contributed by atoms with E-state index in [2.05, 4.69) is 42.2 Å². The Morgan fingerprint density at radius 2 is 1.96 bits per heavy atom. The van der Waals surface area contributed by atoms with Crippen molar-refractivity contribution < 1.29 is 0 Å². The molecule has 0 saturated carbocycles. The lowest BCUT2D eigenvalue weighted by atomic mass is 10.1. The third-order valence-corrected chi connectivity index (χ3v) is 5.62. The van der Waals surface area contributed by atoms with Crippen molar-refractivity contribution in [3.8, 4) is 17.3 Å². The van der Waals surface area contributed by atoms with Crippen molar-refractivity contribution in [3.63, 3.8) is 0 Å². The normalized spacial score (nSPS) is 11.4. The summed E-state index contributed by atoms with van der Waals surface area (Å²) in [5, 5.41) is 13.3. The van der Waals surface area contributed by atoms with Gasteiger partial charge in [0, 0.05) is 21.0 Å². The Balaban J connectivity index is 1.85. The van der Waals surface area contributed by atoms with Crippen LogP contribution in [0, 0.1) is 11.3 Å². The zero-order chi connectivity index (χ0) is 19.2. The lowest BCUT2D eigenvalue weighted by Gasteiger charge is -2.02. The van der Waals surface area contributed by atoms with Crippen LogP contribution in [0.5, 0.6) is 0 Å². The van der Waals surface area contributed by atoms with Crippen molar-refractivity contribution >= 4 is 46.2 Å². The Bertz CT molecular complexity index is 998. The second-order valence-corrected chi connectivity index (χ2v) is 7.88. The molecule has 0 amide bonds. The molecule has 0 aliphatic rings. The highest BCUT2D eigenvalue weighted by Gasteiger charge is 2.10. The quantitative estimate of drug-likeness (QED) is 0.392. The lowest BCUT2D eigenvalue weighted by Crippen LogP contribution is -1.86. The van der Waals surface area contributed by atoms with E-state index in [1.165, 1.54) is 29.7 Å². The molecule has 5 heteroatoms. The van der Waals surface area contributed by atoms with Gasteiger partial charge >= 0.3 is 0 Å². The predicted octanol–water partition coefficient (Wildman–Crippen LogP) is 7.52. The number of aromatic nitrogens is 1. The fraction of sp³-hybridized carbons (Fsp3) is 0.182. The van der Waals surface area contributed by atoms with E-state index in [4.69, 9.17) is 23.2 Å². The third-order valence-electron chi connectivity index (χ3n) is 4.19. The number of hydrogen-bond donors (Lipinski definition) is 0. The average molecular weight is 413 g/mol. The minimum Gasteiger partial charge on any atom is -0.235 e. The molecule has 136 valence electrons. The molecule has 0 atom stereocenters. The number of halogens is 2. The molecule has 0 unspecified atom stereocenters. The van der Waals surface area contributed by atoms with Gasteiger partial charge in [0.05, 0.1) is 11.3 Å². The molecule has 2 aromatic carbocycles. The first-order chi connectivity index (χ1) is 13.1. The molecule has 0 saturated heterocycles. The van der Waals surface area contributed by atoms with Gasteiger partial charge in [0.2, 0.25) is 0 Å². The number of rotatable bonds is 6. The van der Waals surface area contributed by atoms with Crippen LogP contribution in [-0.4, -0.2) is 4.98 Å². The van der Waals surface area contributed by atoms with E-state index in [0.29, 0.717) is 20.6 Å². The lowest BCUT2D eigenvalue weighted by molar-refractivity contribution is 0.795. The van der Waals surface area contributed by atoms with Gasteiger partial charge < -0.3 is 0 Å². The molecule has 27 heavy (non-hydrogen) atoms. The highest BCUT2D eigenvalue weighted by atomic mass is 35.5. The molecule has 1 aromatic heterocycles. The summed E-state index contributed by atoms with van der Waals surface area (Å²) in [5.74, 6) is 0. The van der Waals surface area contributed by atoms with Gasteiger partial charge in [-0.1, -0.05) is 66.9 Å². The highest BCUT2D eigenvalue weighted by molar-refractivity contribution is 7.11. The zero-order valence-corrected chi connectivity index (χ0v) is 17.2. The summed E-state index contributed by atoms with van der Waals surface area (Å²) in [6.07, 6.45) is 5.24. The Morgan fingerprint density at radius 3 is 2.63 bits per heavy atom. The second-order valence-electron chi connectivity index (χ2n) is 6.17. The van der Waals surface area contributed by atoms with Gasteiger partial charge in [0.1, 0.15) is 11.1 Å². The van der Waals surface area contributed by atoms with Gasteiger partial charge in [0.15, 0.2) is 0 Å².